The maximum Gasteiger partial charge on any atom is 0.238 e. The van der Waals surface area contributed by atoms with Gasteiger partial charge in [-0.3, -0.25) is 9.69 Å². The average Bonchev–Trinajstić information content (AvgIpc) is 2.26. The first-order valence-corrected chi connectivity index (χ1v) is 3.60. The Morgan fingerprint density at radius 1 is 1.64 bits per heavy atom. The van der Waals surface area contributed by atoms with Crippen LogP contribution in [0.15, 0.2) is 0 Å². The predicted octanol–water partition coefficient (Wildman–Crippen LogP) is -0.259. The summed E-state index contributed by atoms with van der Waals surface area (Å²) in [5.74, 6) is 5.81. The molecule has 3 nitrogen and oxygen atoms in total. The van der Waals surface area contributed by atoms with Gasteiger partial charge in [0, 0.05) is 0 Å². The van der Waals surface area contributed by atoms with Crippen molar-refractivity contribution in [3.05, 3.63) is 0 Å². The van der Waals surface area contributed by atoms with E-state index >= 15 is 0 Å². The molecular formula is C8H12N2O. The van der Waals surface area contributed by atoms with E-state index < -0.39 is 0 Å². The number of nitrogens with zero attached hydrogens (tertiary/aromatic N) is 2. The lowest BCUT2D eigenvalue weighted by Gasteiger charge is -2.11. The fourth-order valence-corrected chi connectivity index (χ4v) is 1.06. The van der Waals surface area contributed by atoms with Crippen LogP contribution in [0.3, 0.4) is 0 Å². The largest absolute Gasteiger partial charge is 0.317 e. The molecule has 0 unspecified atom stereocenters. The maximum absolute atomic E-state index is 11.1. The van der Waals surface area contributed by atoms with Crippen LogP contribution in [0, 0.1) is 11.8 Å². The van der Waals surface area contributed by atoms with Gasteiger partial charge in [0.25, 0.3) is 0 Å². The van der Waals surface area contributed by atoms with E-state index in [4.69, 9.17) is 0 Å². The van der Waals surface area contributed by atoms with Crippen molar-refractivity contribution >= 4 is 5.91 Å². The van der Waals surface area contributed by atoms with Gasteiger partial charge >= 0.3 is 0 Å². The van der Waals surface area contributed by atoms with Crippen molar-refractivity contribution in [3.8, 4) is 11.8 Å². The lowest BCUT2D eigenvalue weighted by Crippen LogP contribution is -2.26. The molecule has 0 radical (unpaired) electrons. The number of amides is 1. The highest BCUT2D eigenvalue weighted by atomic mass is 16.2. The number of likely N-dealkylation sites (N-methyl/N-ethyl adjacent to an activating group) is 1. The third-order valence-corrected chi connectivity index (χ3v) is 1.62. The molecule has 0 bridgehead atoms. The van der Waals surface area contributed by atoms with Crippen LogP contribution in [0.4, 0.5) is 0 Å². The molecule has 1 amide bonds. The Hall–Kier alpha value is -1.01. The number of carbonyl (C=O) groups excluding carboxylic acids is 1. The molecule has 0 aromatic rings. The van der Waals surface area contributed by atoms with E-state index in [0.717, 1.165) is 0 Å². The average molecular weight is 152 g/mol. The van der Waals surface area contributed by atoms with Crippen LogP contribution in [-0.2, 0) is 4.79 Å². The minimum Gasteiger partial charge on any atom is -0.317 e. The molecule has 0 saturated carbocycles. The van der Waals surface area contributed by atoms with Crippen LogP contribution < -0.4 is 0 Å². The highest BCUT2D eigenvalue weighted by molar-refractivity contribution is 5.80. The van der Waals surface area contributed by atoms with Crippen molar-refractivity contribution in [2.45, 2.75) is 6.92 Å². The Labute approximate surface area is 67.0 Å². The van der Waals surface area contributed by atoms with Gasteiger partial charge in [-0.05, 0) is 14.0 Å². The zero-order valence-corrected chi connectivity index (χ0v) is 6.92. The third-order valence-electron chi connectivity index (χ3n) is 1.62. The Kier molecular flexibility index (Phi) is 2.50. The van der Waals surface area contributed by atoms with Gasteiger partial charge in [0.15, 0.2) is 0 Å². The summed E-state index contributed by atoms with van der Waals surface area (Å²) in [7, 11) is 1.93. The smallest absolute Gasteiger partial charge is 0.238 e. The van der Waals surface area contributed by atoms with Gasteiger partial charge in [-0.2, -0.15) is 0 Å². The molecule has 0 N–H and O–H groups in total. The summed E-state index contributed by atoms with van der Waals surface area (Å²) < 4.78 is 0. The van der Waals surface area contributed by atoms with Crippen molar-refractivity contribution in [2.24, 2.45) is 0 Å². The third kappa shape index (κ3) is 1.95. The van der Waals surface area contributed by atoms with Gasteiger partial charge in [0.1, 0.15) is 0 Å². The van der Waals surface area contributed by atoms with Crippen molar-refractivity contribution in [1.82, 2.24) is 9.80 Å². The van der Waals surface area contributed by atoms with Crippen molar-refractivity contribution in [1.29, 1.82) is 0 Å². The molecule has 0 aromatic heterocycles. The normalized spacial score (nSPS) is 18.4. The van der Waals surface area contributed by atoms with Gasteiger partial charge in [-0.1, -0.05) is 5.92 Å². The van der Waals surface area contributed by atoms with E-state index in [1.54, 1.807) is 11.8 Å². The molecule has 1 aliphatic heterocycles. The number of rotatable bonds is 1. The van der Waals surface area contributed by atoms with E-state index in [1.807, 2.05) is 11.9 Å². The standard InChI is InChI=1S/C8H12N2O/c1-3-4-5-10-7-9(2)6-8(10)11/h5-7H2,1-2H3. The minimum atomic E-state index is 0.176. The highest BCUT2D eigenvalue weighted by Crippen LogP contribution is 2.01. The zero-order valence-electron chi connectivity index (χ0n) is 6.92. The van der Waals surface area contributed by atoms with Gasteiger partial charge in [0.2, 0.25) is 5.91 Å². The van der Waals surface area contributed by atoms with E-state index in [-0.39, 0.29) is 5.91 Å². The summed E-state index contributed by atoms with van der Waals surface area (Å²) >= 11 is 0. The van der Waals surface area contributed by atoms with Crippen molar-refractivity contribution in [3.63, 3.8) is 0 Å². The molecule has 0 aromatic carbocycles. The quantitative estimate of drug-likeness (QED) is 0.483. The molecule has 1 rings (SSSR count). The highest BCUT2D eigenvalue weighted by Gasteiger charge is 2.22. The molecule has 0 aliphatic carbocycles. The molecule has 1 saturated heterocycles. The first-order chi connectivity index (χ1) is 5.24. The van der Waals surface area contributed by atoms with E-state index in [9.17, 15) is 4.79 Å². The van der Waals surface area contributed by atoms with E-state index in [1.165, 1.54) is 0 Å². The van der Waals surface area contributed by atoms with Gasteiger partial charge in [0.05, 0.1) is 19.8 Å². The SMILES string of the molecule is CC#CCN1CN(C)CC1=O. The van der Waals surface area contributed by atoms with Gasteiger partial charge in [-0.25, -0.2) is 0 Å². The molecular weight excluding hydrogens is 140 g/mol. The summed E-state index contributed by atoms with van der Waals surface area (Å²) in [5.41, 5.74) is 0. The Bertz CT molecular complexity index is 214. The second-order valence-electron chi connectivity index (χ2n) is 2.67. The summed E-state index contributed by atoms with van der Waals surface area (Å²) in [4.78, 5) is 14.8. The van der Waals surface area contributed by atoms with E-state index in [0.29, 0.717) is 19.8 Å². The molecule has 11 heavy (non-hydrogen) atoms. The van der Waals surface area contributed by atoms with Crippen LogP contribution in [0.2, 0.25) is 0 Å². The second-order valence-corrected chi connectivity index (χ2v) is 2.67. The summed E-state index contributed by atoms with van der Waals surface area (Å²) in [5, 5.41) is 0. The van der Waals surface area contributed by atoms with Gasteiger partial charge < -0.3 is 4.90 Å². The van der Waals surface area contributed by atoms with Crippen LogP contribution in [0.25, 0.3) is 0 Å². The minimum absolute atomic E-state index is 0.176. The first-order valence-electron chi connectivity index (χ1n) is 3.60. The molecule has 60 valence electrons. The fraction of sp³-hybridized carbons (Fsp3) is 0.625. The van der Waals surface area contributed by atoms with E-state index in [2.05, 4.69) is 11.8 Å². The van der Waals surface area contributed by atoms with Crippen molar-refractivity contribution in [2.75, 3.05) is 26.8 Å². The summed E-state index contributed by atoms with van der Waals surface area (Å²) in [6, 6.07) is 0. The molecule has 3 heteroatoms. The predicted molar refractivity (Wildman–Crippen MR) is 42.7 cm³/mol. The maximum atomic E-state index is 11.1. The Morgan fingerprint density at radius 2 is 2.36 bits per heavy atom. The molecule has 0 atom stereocenters. The van der Waals surface area contributed by atoms with Crippen LogP contribution in [-0.4, -0.2) is 42.5 Å². The fourth-order valence-electron chi connectivity index (χ4n) is 1.06. The monoisotopic (exact) mass is 152 g/mol. The van der Waals surface area contributed by atoms with Crippen molar-refractivity contribution < 1.29 is 4.79 Å². The Balaban J connectivity index is 2.45. The number of hydrogen-bond donors (Lipinski definition) is 0. The molecule has 0 spiro atoms. The molecule has 1 aliphatic rings. The van der Waals surface area contributed by atoms with Crippen LogP contribution in [0.1, 0.15) is 6.92 Å². The topological polar surface area (TPSA) is 23.6 Å². The second kappa shape index (κ2) is 3.40. The lowest BCUT2D eigenvalue weighted by molar-refractivity contribution is -0.126. The molecule has 1 fully saturated rings. The summed E-state index contributed by atoms with van der Waals surface area (Å²) in [6.07, 6.45) is 0. The summed E-state index contributed by atoms with van der Waals surface area (Å²) in [6.45, 7) is 3.60. The Morgan fingerprint density at radius 3 is 2.82 bits per heavy atom. The molecule has 1 heterocycles. The zero-order chi connectivity index (χ0) is 8.27. The number of hydrogen-bond acceptors (Lipinski definition) is 2. The first kappa shape index (κ1) is 8.09. The van der Waals surface area contributed by atoms with Crippen LogP contribution in [0.5, 0.6) is 0 Å². The number of carbonyl (C=O) groups is 1. The lowest BCUT2D eigenvalue weighted by atomic mass is 10.5. The van der Waals surface area contributed by atoms with Crippen LogP contribution >= 0.6 is 0 Å². The van der Waals surface area contributed by atoms with Gasteiger partial charge in [-0.15, -0.1) is 5.92 Å².